The molecule has 1 aliphatic rings. The number of amides is 1. The van der Waals surface area contributed by atoms with Gasteiger partial charge in [-0.3, -0.25) is 4.79 Å². The highest BCUT2D eigenvalue weighted by Crippen LogP contribution is 2.31. The van der Waals surface area contributed by atoms with Crippen molar-refractivity contribution >= 4 is 21.9 Å². The molecular weight excluding hydrogens is 488 g/mol. The third-order valence-corrected chi connectivity index (χ3v) is 7.64. The van der Waals surface area contributed by atoms with E-state index in [-0.39, 0.29) is 28.8 Å². The van der Waals surface area contributed by atoms with E-state index in [1.807, 2.05) is 63.2 Å². The fourth-order valence-corrected chi connectivity index (χ4v) is 5.45. The van der Waals surface area contributed by atoms with E-state index in [1.54, 1.807) is 12.1 Å². The number of hydrogen-bond acceptors (Lipinski definition) is 6. The van der Waals surface area contributed by atoms with Gasteiger partial charge in [0.1, 0.15) is 6.10 Å². The van der Waals surface area contributed by atoms with Gasteiger partial charge >= 0.3 is 0 Å². The van der Waals surface area contributed by atoms with E-state index in [4.69, 9.17) is 4.74 Å². The number of benzene rings is 3. The first-order valence-electron chi connectivity index (χ1n) is 11.8. The summed E-state index contributed by atoms with van der Waals surface area (Å²) in [6, 6.07) is 21.1. The summed E-state index contributed by atoms with van der Waals surface area (Å²) in [5.41, 5.74) is 5.42. The van der Waals surface area contributed by atoms with Crippen LogP contribution in [0.3, 0.4) is 0 Å². The Bertz CT molecular complexity index is 1600. The number of nitrogens with zero attached hydrogens (tertiary/aromatic N) is 2. The van der Waals surface area contributed by atoms with E-state index in [1.165, 1.54) is 18.2 Å². The average Bonchev–Trinajstić information content (AvgIpc) is 2.86. The number of aryl methyl sites for hydroxylation is 3. The predicted octanol–water partition coefficient (Wildman–Crippen LogP) is 4.73. The lowest BCUT2D eigenvalue weighted by atomic mass is 10.00. The molecule has 37 heavy (non-hydrogen) atoms. The minimum Gasteiger partial charge on any atom is -0.467 e. The van der Waals surface area contributed by atoms with Crippen molar-refractivity contribution in [2.75, 3.05) is 11.3 Å². The zero-order valence-corrected chi connectivity index (χ0v) is 21.5. The number of fused-ring (bicyclic) bond motifs is 4. The number of ether oxygens (including phenoxy) is 1. The summed E-state index contributed by atoms with van der Waals surface area (Å²) < 4.78 is 35.3. The highest BCUT2D eigenvalue weighted by atomic mass is 32.2. The van der Waals surface area contributed by atoms with E-state index in [2.05, 4.69) is 20.0 Å². The average molecular weight is 515 g/mol. The molecule has 0 fully saturated rings. The molecule has 4 bridgehead atoms. The molecule has 8 nitrogen and oxygen atoms in total. The predicted molar refractivity (Wildman–Crippen MR) is 141 cm³/mol. The summed E-state index contributed by atoms with van der Waals surface area (Å²) in [5.74, 6) is -0.353. The number of anilines is 1. The van der Waals surface area contributed by atoms with Crippen molar-refractivity contribution in [1.29, 1.82) is 0 Å². The standard InChI is InChI=1S/C28H26N4O4S/c1-17-8-4-5-13-22(17)24-16-29-27(33)20-11-7-12-21(14-20)37(34,35)32-28-30-23(15-25(31-28)36-24)26-18(2)9-6-10-19(26)3/h4-15,24H,16H2,1-3H3,(H,29,33)(H,30,31,32). The summed E-state index contributed by atoms with van der Waals surface area (Å²) in [6.45, 7) is 6.04. The van der Waals surface area contributed by atoms with Crippen molar-refractivity contribution in [3.8, 4) is 17.1 Å². The van der Waals surface area contributed by atoms with Crippen LogP contribution in [-0.4, -0.2) is 30.8 Å². The Morgan fingerprint density at radius 2 is 1.57 bits per heavy atom. The molecule has 2 N–H and O–H groups in total. The third-order valence-electron chi connectivity index (χ3n) is 6.32. The maximum absolute atomic E-state index is 13.2. The van der Waals surface area contributed by atoms with Crippen molar-refractivity contribution < 1.29 is 17.9 Å². The normalized spacial score (nSPS) is 16.7. The van der Waals surface area contributed by atoms with Gasteiger partial charge in [-0.15, -0.1) is 0 Å². The number of nitrogens with one attached hydrogen (secondary N) is 2. The number of sulfonamides is 1. The van der Waals surface area contributed by atoms with Crippen molar-refractivity contribution in [3.63, 3.8) is 0 Å². The molecule has 1 aromatic heterocycles. The van der Waals surface area contributed by atoms with Gasteiger partial charge in [-0.25, -0.2) is 18.1 Å². The van der Waals surface area contributed by atoms with Crippen LogP contribution in [0.5, 0.6) is 5.88 Å². The second-order valence-corrected chi connectivity index (χ2v) is 10.7. The van der Waals surface area contributed by atoms with Crippen molar-refractivity contribution in [3.05, 3.63) is 101 Å². The zero-order chi connectivity index (χ0) is 26.2. The second kappa shape index (κ2) is 9.67. The Morgan fingerprint density at radius 1 is 0.865 bits per heavy atom. The van der Waals surface area contributed by atoms with E-state index in [0.29, 0.717) is 5.69 Å². The van der Waals surface area contributed by atoms with Gasteiger partial charge in [0, 0.05) is 17.2 Å². The summed E-state index contributed by atoms with van der Waals surface area (Å²) in [4.78, 5) is 21.8. The summed E-state index contributed by atoms with van der Waals surface area (Å²) in [6.07, 6.45) is -0.584. The lowest BCUT2D eigenvalue weighted by molar-refractivity contribution is 0.0925. The van der Waals surface area contributed by atoms with Crippen molar-refractivity contribution in [2.45, 2.75) is 31.8 Å². The van der Waals surface area contributed by atoms with Gasteiger partial charge in [0.25, 0.3) is 15.9 Å². The first-order valence-corrected chi connectivity index (χ1v) is 13.3. The molecule has 1 atom stereocenters. The van der Waals surface area contributed by atoms with Crippen LogP contribution in [0.4, 0.5) is 5.95 Å². The van der Waals surface area contributed by atoms with Gasteiger partial charge in [-0.05, 0) is 61.2 Å². The molecule has 3 aromatic carbocycles. The van der Waals surface area contributed by atoms with Crippen LogP contribution in [-0.2, 0) is 10.0 Å². The number of aromatic nitrogens is 2. The molecule has 188 valence electrons. The van der Waals surface area contributed by atoms with Crippen LogP contribution in [0.2, 0.25) is 0 Å². The molecule has 0 aliphatic carbocycles. The number of rotatable bonds is 2. The van der Waals surface area contributed by atoms with Gasteiger partial charge in [-0.2, -0.15) is 4.98 Å². The molecule has 0 saturated heterocycles. The van der Waals surface area contributed by atoms with E-state index in [9.17, 15) is 13.2 Å². The molecule has 4 aromatic rings. The lowest BCUT2D eigenvalue weighted by Gasteiger charge is -2.22. The first kappa shape index (κ1) is 24.5. The molecule has 9 heteroatoms. The van der Waals surface area contributed by atoms with Gasteiger partial charge in [0.15, 0.2) is 0 Å². The van der Waals surface area contributed by atoms with Crippen LogP contribution in [0.1, 0.15) is 38.7 Å². The molecule has 1 amide bonds. The Hall–Kier alpha value is -4.24. The molecule has 2 heterocycles. The highest BCUT2D eigenvalue weighted by molar-refractivity contribution is 7.92. The summed E-state index contributed by atoms with van der Waals surface area (Å²) >= 11 is 0. The maximum atomic E-state index is 13.2. The molecular formula is C28H26N4O4S. The minimum absolute atomic E-state index is 0.0709. The molecule has 5 rings (SSSR count). The quantitative estimate of drug-likeness (QED) is 0.400. The van der Waals surface area contributed by atoms with E-state index < -0.39 is 22.0 Å². The SMILES string of the molecule is Cc1ccccc1C1CNC(=O)c2cccc(c2)S(=O)(=O)Nc2nc(cc(-c3c(C)cccc3C)n2)O1. The fraction of sp³-hybridized carbons (Fsp3) is 0.179. The Morgan fingerprint density at radius 3 is 2.32 bits per heavy atom. The molecule has 0 radical (unpaired) electrons. The first-order chi connectivity index (χ1) is 17.7. The van der Waals surface area contributed by atoms with Gasteiger partial charge < -0.3 is 10.1 Å². The number of carbonyl (C=O) groups is 1. The van der Waals surface area contributed by atoms with Crippen LogP contribution >= 0.6 is 0 Å². The van der Waals surface area contributed by atoms with Gasteiger partial charge in [0.05, 0.1) is 17.1 Å². The lowest BCUT2D eigenvalue weighted by Crippen LogP contribution is -2.31. The highest BCUT2D eigenvalue weighted by Gasteiger charge is 2.24. The number of hydrogen-bond donors (Lipinski definition) is 2. The second-order valence-electron chi connectivity index (χ2n) is 8.99. The fourth-order valence-electron chi connectivity index (χ4n) is 4.46. The summed E-state index contributed by atoms with van der Waals surface area (Å²) in [5, 5.41) is 2.88. The van der Waals surface area contributed by atoms with Crippen molar-refractivity contribution in [2.24, 2.45) is 0 Å². The van der Waals surface area contributed by atoms with Crippen LogP contribution in [0.15, 0.2) is 77.7 Å². The number of carbonyl (C=O) groups excluding carboxylic acids is 1. The minimum atomic E-state index is -4.08. The maximum Gasteiger partial charge on any atom is 0.264 e. The van der Waals surface area contributed by atoms with Crippen LogP contribution in [0, 0.1) is 20.8 Å². The Balaban J connectivity index is 1.70. The Kier molecular flexibility index (Phi) is 6.39. The smallest absolute Gasteiger partial charge is 0.264 e. The van der Waals surface area contributed by atoms with Crippen LogP contribution in [0.25, 0.3) is 11.3 Å². The van der Waals surface area contributed by atoms with Crippen molar-refractivity contribution in [1.82, 2.24) is 15.3 Å². The molecule has 1 aliphatic heterocycles. The zero-order valence-electron chi connectivity index (χ0n) is 20.6. The largest absolute Gasteiger partial charge is 0.467 e. The molecule has 1 unspecified atom stereocenters. The summed E-state index contributed by atoms with van der Waals surface area (Å²) in [7, 11) is -4.08. The van der Waals surface area contributed by atoms with E-state index in [0.717, 1.165) is 27.8 Å². The van der Waals surface area contributed by atoms with Crippen LogP contribution < -0.4 is 14.8 Å². The molecule has 0 spiro atoms. The topological polar surface area (TPSA) is 110 Å². The molecule has 0 saturated carbocycles. The van der Waals surface area contributed by atoms with Gasteiger partial charge in [-0.1, -0.05) is 48.5 Å². The monoisotopic (exact) mass is 514 g/mol. The Labute approximate surface area is 215 Å². The van der Waals surface area contributed by atoms with E-state index >= 15 is 0 Å². The van der Waals surface area contributed by atoms with Gasteiger partial charge in [0.2, 0.25) is 11.8 Å². The third kappa shape index (κ3) is 5.03.